The second-order valence-corrected chi connectivity index (χ2v) is 27.0. The van der Waals surface area contributed by atoms with E-state index in [4.69, 9.17) is 0 Å². The highest BCUT2D eigenvalue weighted by molar-refractivity contribution is 7.05. The summed E-state index contributed by atoms with van der Waals surface area (Å²) in [6.07, 6.45) is 0. The average molecular weight is 1260 g/mol. The number of hydrogen-bond donors (Lipinski definition) is 0. The van der Waals surface area contributed by atoms with E-state index in [2.05, 4.69) is 322 Å². The molecule has 0 spiro atoms. The Hall–Kier alpha value is 0.209. The van der Waals surface area contributed by atoms with Gasteiger partial charge in [0.25, 0.3) is 42.5 Å². The van der Waals surface area contributed by atoms with Crippen molar-refractivity contribution >= 4 is 128 Å². The molecule has 7 saturated heterocycles. The molecule has 6 bridgehead atoms. The van der Waals surface area contributed by atoms with Gasteiger partial charge in [0, 0.05) is 0 Å². The van der Waals surface area contributed by atoms with Crippen molar-refractivity contribution in [3.63, 3.8) is 0 Å². The molecule has 7 fully saturated rings. The van der Waals surface area contributed by atoms with E-state index in [0.29, 0.717) is 0 Å². The van der Waals surface area contributed by atoms with Crippen molar-refractivity contribution in [3.8, 4) is 0 Å². The van der Waals surface area contributed by atoms with E-state index in [1.165, 1.54) is 0 Å². The van der Waals surface area contributed by atoms with Gasteiger partial charge in [-0.25, -0.2) is 0 Å². The molecule has 0 atom stereocenters. The van der Waals surface area contributed by atoms with Gasteiger partial charge in [0.1, 0.15) is 0 Å². The SMILES string of the molecule is CCN(C)B1N(CC)B2N(CC)B3N(CC)B(N(CC)B4N(CC)[B]N(CC)B(C)N4CC)N(CC)B(N3CC)N(B3N(CC)B(C)N(CC)B(C)N3CC)B3N(CC)B(C)N(CC)B(N3CC)N(B3N(CC)B(C)N(CC)B(N(C)C)N3CC)B(N1CC)N2CC. The van der Waals surface area contributed by atoms with Crippen molar-refractivity contribution in [2.45, 2.75) is 180 Å². The third-order valence-corrected chi connectivity index (χ3v) is 23.7. The van der Waals surface area contributed by atoms with Gasteiger partial charge in [-0.05, 0) is 159 Å². The summed E-state index contributed by atoms with van der Waals surface area (Å²) in [4.78, 5) is 5.22. The first kappa shape index (κ1) is 79.5. The van der Waals surface area contributed by atoms with Gasteiger partial charge >= 0.3 is 85.4 Å². The highest BCUT2D eigenvalue weighted by Crippen LogP contribution is 2.40. The Morgan fingerprint density at radius 1 is 0.228 bits per heavy atom. The van der Waals surface area contributed by atoms with Gasteiger partial charge in [-0.3, -0.25) is 0 Å². The van der Waals surface area contributed by atoms with Crippen LogP contribution in [0.4, 0.5) is 0 Å². The minimum absolute atomic E-state index is 0.0135. The van der Waals surface area contributed by atoms with E-state index in [1.54, 1.807) is 0 Å². The van der Waals surface area contributed by atoms with E-state index in [9.17, 15) is 0 Å². The highest BCUT2D eigenvalue weighted by Gasteiger charge is 2.73. The molecule has 0 unspecified atom stereocenters. The Bertz CT molecular complexity index is 2200. The lowest BCUT2D eigenvalue weighted by Gasteiger charge is -2.70. The first-order valence-corrected chi connectivity index (χ1v) is 38.1. The molecule has 42 heteroatoms. The van der Waals surface area contributed by atoms with Crippen molar-refractivity contribution in [2.24, 2.45) is 0 Å². The molecule has 503 valence electrons. The number of rotatable bonds is 27. The standard InChI is InChI=1S/C50H129B18N24/c1-30-70(29)58-82(42-13)60-85(45-16)62-86(46-17)61(84(44-15)59-72(32-3)51-71(31-2)52(22)74(59)34-5)88(48-19)68(89(62)49-20)91(63-76(36-7)53(23)73(33-4)54(24)77(63)37-8)65-79(39-10)56(26)80(40-11)66(90(65)50-21)92(67(83(58)43-14)87(60)47-18)64-78(38-9)55(25)75(35-6)57(69(27)28)81(64)41-12/h30-50H2,1-29H3. The maximum absolute atomic E-state index is 3.19. The molecule has 7 heterocycles. The third-order valence-electron chi connectivity index (χ3n) is 23.7. The van der Waals surface area contributed by atoms with E-state index in [0.717, 1.165) is 137 Å². The fraction of sp³-hybridized carbons (Fsp3) is 1.00. The normalized spacial score (nSPS) is 23.7. The summed E-state index contributed by atoms with van der Waals surface area (Å²) in [5.74, 6) is 0. The van der Waals surface area contributed by atoms with Crippen LogP contribution >= 0.6 is 0 Å². The monoisotopic (exact) mass is 1260 g/mol. The van der Waals surface area contributed by atoms with Gasteiger partial charge in [-0.15, -0.1) is 0 Å². The van der Waals surface area contributed by atoms with Crippen molar-refractivity contribution < 1.29 is 0 Å². The van der Waals surface area contributed by atoms with Crippen LogP contribution < -0.4 is 0 Å². The Kier molecular flexibility index (Phi) is 30.4. The zero-order valence-electron chi connectivity index (χ0n) is 65.0. The van der Waals surface area contributed by atoms with E-state index < -0.39 is 0 Å². The summed E-state index contributed by atoms with van der Waals surface area (Å²) in [7, 11) is 8.44. The smallest absolute Gasteiger partial charge is 0.361 e. The maximum atomic E-state index is 3.19. The van der Waals surface area contributed by atoms with E-state index in [-0.39, 0.29) is 120 Å². The van der Waals surface area contributed by atoms with Crippen LogP contribution in [-0.2, 0) is 0 Å². The van der Waals surface area contributed by atoms with Crippen LogP contribution in [0.3, 0.4) is 0 Å². The van der Waals surface area contributed by atoms with Crippen LogP contribution in [0.1, 0.15) is 145 Å². The second kappa shape index (κ2) is 35.2. The Morgan fingerprint density at radius 3 is 0.826 bits per heavy atom. The van der Waals surface area contributed by atoms with Crippen molar-refractivity contribution in [2.75, 3.05) is 159 Å². The molecule has 1 radical (unpaired) electrons. The predicted molar refractivity (Wildman–Crippen MR) is 416 cm³/mol. The minimum Gasteiger partial charge on any atom is -0.361 e. The van der Waals surface area contributed by atoms with Gasteiger partial charge in [-0.1, -0.05) is 180 Å². The molecular formula is C50H129B18N24. The number of fused-ring (bicyclic) bond motifs is 6. The highest BCUT2D eigenvalue weighted by atomic mass is 15.6. The first-order chi connectivity index (χ1) is 44.2. The van der Waals surface area contributed by atoms with Crippen molar-refractivity contribution in [1.29, 1.82) is 0 Å². The lowest BCUT2D eigenvalue weighted by molar-refractivity contribution is 0.295. The Balaban J connectivity index is 1.79. The first-order valence-electron chi connectivity index (χ1n) is 38.1. The molecule has 7 aliphatic heterocycles. The number of hydrogen-bond acceptors (Lipinski definition) is 24. The van der Waals surface area contributed by atoms with Crippen molar-refractivity contribution in [3.05, 3.63) is 0 Å². The molecule has 0 aromatic heterocycles. The molecule has 92 heavy (non-hydrogen) atoms. The molecule has 0 amide bonds. The van der Waals surface area contributed by atoms with Crippen LogP contribution in [0.2, 0.25) is 34.1 Å². The second-order valence-electron chi connectivity index (χ2n) is 27.0. The summed E-state index contributed by atoms with van der Waals surface area (Å²) in [6, 6.07) is 0. The van der Waals surface area contributed by atoms with Crippen LogP contribution in [0.25, 0.3) is 0 Å². The molecule has 7 rings (SSSR count). The fourth-order valence-electron chi connectivity index (χ4n) is 19.4. The van der Waals surface area contributed by atoms with Gasteiger partial charge in [0.05, 0.1) is 0 Å². The quantitative estimate of drug-likeness (QED) is 0.108. The zero-order chi connectivity index (χ0) is 68.2. The van der Waals surface area contributed by atoms with Gasteiger partial charge in [0.15, 0.2) is 0 Å². The van der Waals surface area contributed by atoms with Crippen LogP contribution in [0.15, 0.2) is 0 Å². The summed E-state index contributed by atoms with van der Waals surface area (Å²) >= 11 is 0. The maximum Gasteiger partial charge on any atom is 0.384 e. The Labute approximate surface area is 576 Å². The molecule has 0 aliphatic carbocycles. The summed E-state index contributed by atoms with van der Waals surface area (Å²) < 4.78 is 64.6. The fourth-order valence-corrected chi connectivity index (χ4v) is 19.4. The molecule has 0 aromatic carbocycles. The average Bonchev–Trinajstić information content (AvgIpc) is 0.698. The lowest BCUT2D eigenvalue weighted by Crippen LogP contribution is -3.00. The lowest BCUT2D eigenvalue weighted by atomic mass is 9.35. The predicted octanol–water partition coefficient (Wildman–Crippen LogP) is 0.580. The minimum atomic E-state index is -0.188. The third kappa shape index (κ3) is 13.5. The topological polar surface area (TPSA) is 77.8 Å². The molecule has 7 aliphatic rings. The van der Waals surface area contributed by atoms with E-state index >= 15 is 0 Å². The summed E-state index contributed by atoms with van der Waals surface area (Å²) in [5.41, 5.74) is 0. The summed E-state index contributed by atoms with van der Waals surface area (Å²) in [5, 5.41) is 0. The van der Waals surface area contributed by atoms with E-state index in [1.807, 2.05) is 0 Å². The number of nitrogens with zero attached hydrogens (tertiary/aromatic N) is 24. The largest absolute Gasteiger partial charge is 0.384 e. The Morgan fingerprint density at radius 2 is 0.489 bits per heavy atom. The molecule has 24 nitrogen and oxygen atoms in total. The van der Waals surface area contributed by atoms with Crippen LogP contribution in [-0.4, -0.2) is 400 Å². The van der Waals surface area contributed by atoms with Crippen LogP contribution in [0.5, 0.6) is 0 Å². The van der Waals surface area contributed by atoms with Gasteiger partial charge < -0.3 is 113 Å². The van der Waals surface area contributed by atoms with Crippen molar-refractivity contribution in [1.82, 2.24) is 113 Å². The van der Waals surface area contributed by atoms with Gasteiger partial charge in [-0.2, -0.15) is 0 Å². The molecule has 0 aromatic rings. The molecular weight excluding hydrogens is 1130 g/mol. The summed E-state index contributed by atoms with van der Waals surface area (Å²) in [6.45, 7) is 83.9. The van der Waals surface area contributed by atoms with Crippen LogP contribution in [0, 0.1) is 0 Å². The molecule has 0 saturated carbocycles. The zero-order valence-corrected chi connectivity index (χ0v) is 65.0. The molecule has 0 N–H and O–H groups in total. The van der Waals surface area contributed by atoms with Gasteiger partial charge in [0.2, 0.25) is 0 Å².